The van der Waals surface area contributed by atoms with Gasteiger partial charge in [-0.05, 0) is 19.8 Å². The van der Waals surface area contributed by atoms with Gasteiger partial charge in [0, 0.05) is 13.1 Å². The summed E-state index contributed by atoms with van der Waals surface area (Å²) in [6.07, 6.45) is 1.05. The number of carbonyl (C=O) groups excluding carboxylic acids is 1. The Bertz CT molecular complexity index is 128. The van der Waals surface area contributed by atoms with E-state index < -0.39 is 0 Å². The number of nitrogens with one attached hydrogen (secondary N) is 2. The molecule has 1 unspecified atom stereocenters. The van der Waals surface area contributed by atoms with Crippen LogP contribution in [-0.2, 0) is 0 Å². The topological polar surface area (TPSA) is 61.4 Å². The third-order valence-electron chi connectivity index (χ3n) is 1.57. The molecule has 12 heavy (non-hydrogen) atoms. The van der Waals surface area contributed by atoms with Gasteiger partial charge >= 0.3 is 6.03 Å². The van der Waals surface area contributed by atoms with E-state index in [1.165, 1.54) is 0 Å². The van der Waals surface area contributed by atoms with E-state index in [4.69, 9.17) is 5.11 Å². The first-order valence-corrected chi connectivity index (χ1v) is 4.40. The molecule has 0 aromatic rings. The molecule has 0 heterocycles. The van der Waals surface area contributed by atoms with Gasteiger partial charge in [-0.2, -0.15) is 0 Å². The van der Waals surface area contributed by atoms with Crippen molar-refractivity contribution in [3.63, 3.8) is 0 Å². The molecule has 0 spiro atoms. The molecule has 0 fully saturated rings. The van der Waals surface area contributed by atoms with Crippen molar-refractivity contribution in [2.24, 2.45) is 0 Å². The number of hydrogen-bond acceptors (Lipinski definition) is 2. The van der Waals surface area contributed by atoms with Crippen LogP contribution in [0.4, 0.5) is 4.79 Å². The molecular formula is C8H18N2O2. The number of carbonyl (C=O) groups is 1. The lowest BCUT2D eigenvalue weighted by atomic mass is 10.2. The highest BCUT2D eigenvalue weighted by atomic mass is 16.3. The zero-order valence-corrected chi connectivity index (χ0v) is 7.76. The fourth-order valence-corrected chi connectivity index (χ4v) is 0.779. The highest BCUT2D eigenvalue weighted by molar-refractivity contribution is 5.73. The number of urea groups is 1. The van der Waals surface area contributed by atoms with Gasteiger partial charge in [-0.25, -0.2) is 4.79 Å². The zero-order valence-electron chi connectivity index (χ0n) is 7.76. The predicted molar refractivity (Wildman–Crippen MR) is 48.0 cm³/mol. The molecule has 0 saturated heterocycles. The van der Waals surface area contributed by atoms with Crippen LogP contribution in [0.25, 0.3) is 0 Å². The second-order valence-corrected chi connectivity index (χ2v) is 2.64. The van der Waals surface area contributed by atoms with Crippen molar-refractivity contribution in [2.75, 3.05) is 13.1 Å². The van der Waals surface area contributed by atoms with Gasteiger partial charge in [0.05, 0.1) is 6.10 Å². The van der Waals surface area contributed by atoms with Crippen molar-refractivity contribution < 1.29 is 9.90 Å². The molecule has 0 aromatic carbocycles. The van der Waals surface area contributed by atoms with Crippen LogP contribution in [0.15, 0.2) is 0 Å². The number of amides is 2. The van der Waals surface area contributed by atoms with Gasteiger partial charge in [0.25, 0.3) is 0 Å². The third kappa shape index (κ3) is 5.97. The Morgan fingerprint density at radius 1 is 1.42 bits per heavy atom. The van der Waals surface area contributed by atoms with Crippen LogP contribution in [0.2, 0.25) is 0 Å². The second kappa shape index (κ2) is 6.91. The fraction of sp³-hybridized carbons (Fsp3) is 0.875. The molecule has 0 aromatic heterocycles. The summed E-state index contributed by atoms with van der Waals surface area (Å²) in [6, 6.07) is -0.166. The summed E-state index contributed by atoms with van der Waals surface area (Å²) < 4.78 is 0. The van der Waals surface area contributed by atoms with E-state index in [9.17, 15) is 4.79 Å². The Kier molecular flexibility index (Phi) is 6.47. The van der Waals surface area contributed by atoms with E-state index in [1.54, 1.807) is 0 Å². The van der Waals surface area contributed by atoms with Gasteiger partial charge < -0.3 is 15.7 Å². The van der Waals surface area contributed by atoms with Gasteiger partial charge in [-0.1, -0.05) is 6.92 Å². The molecule has 4 heteroatoms. The molecule has 0 aliphatic carbocycles. The van der Waals surface area contributed by atoms with E-state index in [0.717, 1.165) is 6.42 Å². The average Bonchev–Trinajstić information content (AvgIpc) is 2.04. The van der Waals surface area contributed by atoms with Crippen molar-refractivity contribution in [3.05, 3.63) is 0 Å². The third-order valence-corrected chi connectivity index (χ3v) is 1.57. The van der Waals surface area contributed by atoms with Crippen LogP contribution in [0.1, 0.15) is 26.7 Å². The predicted octanol–water partition coefficient (Wildman–Crippen LogP) is 0.466. The summed E-state index contributed by atoms with van der Waals surface area (Å²) >= 11 is 0. The van der Waals surface area contributed by atoms with Crippen molar-refractivity contribution in [1.29, 1.82) is 0 Å². The van der Waals surface area contributed by atoms with Crippen LogP contribution in [-0.4, -0.2) is 30.3 Å². The van der Waals surface area contributed by atoms with Crippen molar-refractivity contribution >= 4 is 6.03 Å². The van der Waals surface area contributed by atoms with Crippen LogP contribution in [0, 0.1) is 0 Å². The number of aliphatic hydroxyl groups is 1. The zero-order chi connectivity index (χ0) is 9.40. The molecule has 0 radical (unpaired) electrons. The minimum absolute atomic E-state index is 0.166. The largest absolute Gasteiger partial charge is 0.393 e. The Balaban J connectivity index is 3.24. The maximum atomic E-state index is 10.8. The van der Waals surface area contributed by atoms with Gasteiger partial charge in [-0.15, -0.1) is 0 Å². The number of hydrogen-bond donors (Lipinski definition) is 3. The first-order valence-electron chi connectivity index (χ1n) is 4.40. The molecule has 0 bridgehead atoms. The fourth-order valence-electron chi connectivity index (χ4n) is 0.779. The molecular weight excluding hydrogens is 156 g/mol. The first kappa shape index (κ1) is 11.2. The number of aliphatic hydroxyl groups excluding tert-OH is 1. The van der Waals surface area contributed by atoms with Crippen molar-refractivity contribution in [1.82, 2.24) is 10.6 Å². The summed E-state index contributed by atoms with van der Waals surface area (Å²) in [7, 11) is 0. The maximum Gasteiger partial charge on any atom is 0.314 e. The van der Waals surface area contributed by atoms with Crippen LogP contribution in [0.5, 0.6) is 0 Å². The van der Waals surface area contributed by atoms with Gasteiger partial charge in [0.2, 0.25) is 0 Å². The summed E-state index contributed by atoms with van der Waals surface area (Å²) in [5.74, 6) is 0. The molecule has 3 N–H and O–H groups in total. The molecule has 0 rings (SSSR count). The molecule has 4 nitrogen and oxygen atoms in total. The highest BCUT2D eigenvalue weighted by Gasteiger charge is 2.01. The monoisotopic (exact) mass is 174 g/mol. The number of rotatable bonds is 5. The summed E-state index contributed by atoms with van der Waals surface area (Å²) in [5.41, 5.74) is 0. The lowest BCUT2D eigenvalue weighted by Crippen LogP contribution is -2.36. The minimum Gasteiger partial charge on any atom is -0.393 e. The van der Waals surface area contributed by atoms with Crippen molar-refractivity contribution in [2.45, 2.75) is 32.8 Å². The minimum atomic E-state index is -0.299. The average molecular weight is 174 g/mol. The lowest BCUT2D eigenvalue weighted by molar-refractivity contribution is 0.160. The molecule has 1 atom stereocenters. The lowest BCUT2D eigenvalue weighted by Gasteiger charge is -2.08. The Morgan fingerprint density at radius 3 is 2.58 bits per heavy atom. The Morgan fingerprint density at radius 2 is 2.08 bits per heavy atom. The molecule has 72 valence electrons. The summed E-state index contributed by atoms with van der Waals surface area (Å²) in [5, 5.41) is 14.4. The SMILES string of the molecule is CCNC(=O)NCCC(O)CC. The van der Waals surface area contributed by atoms with Gasteiger partial charge in [0.1, 0.15) is 0 Å². The van der Waals surface area contributed by atoms with Crippen LogP contribution in [0.3, 0.4) is 0 Å². The molecule has 0 aliphatic heterocycles. The quantitative estimate of drug-likeness (QED) is 0.567. The highest BCUT2D eigenvalue weighted by Crippen LogP contribution is 1.93. The standard InChI is InChI=1S/C8H18N2O2/c1-3-7(11)5-6-10-8(12)9-4-2/h7,11H,3-6H2,1-2H3,(H2,9,10,12). The maximum absolute atomic E-state index is 10.8. The van der Waals surface area contributed by atoms with E-state index in [2.05, 4.69) is 10.6 Å². The second-order valence-electron chi connectivity index (χ2n) is 2.64. The van der Waals surface area contributed by atoms with E-state index in [-0.39, 0.29) is 12.1 Å². The van der Waals surface area contributed by atoms with Crippen LogP contribution < -0.4 is 10.6 Å². The normalized spacial score (nSPS) is 12.2. The summed E-state index contributed by atoms with van der Waals surface area (Å²) in [6.45, 7) is 4.93. The Labute approximate surface area is 73.3 Å². The van der Waals surface area contributed by atoms with Crippen molar-refractivity contribution in [3.8, 4) is 0 Å². The smallest absolute Gasteiger partial charge is 0.314 e. The van der Waals surface area contributed by atoms with E-state index in [0.29, 0.717) is 19.5 Å². The Hall–Kier alpha value is -0.770. The first-order chi connectivity index (χ1) is 5.70. The van der Waals surface area contributed by atoms with Gasteiger partial charge in [0.15, 0.2) is 0 Å². The molecule has 0 aliphatic rings. The molecule has 2 amide bonds. The van der Waals surface area contributed by atoms with E-state index >= 15 is 0 Å². The summed E-state index contributed by atoms with van der Waals surface area (Å²) in [4.78, 5) is 10.8. The van der Waals surface area contributed by atoms with Crippen LogP contribution >= 0.6 is 0 Å². The van der Waals surface area contributed by atoms with E-state index in [1.807, 2.05) is 13.8 Å². The molecule has 0 saturated carbocycles. The van der Waals surface area contributed by atoms with Gasteiger partial charge in [-0.3, -0.25) is 0 Å².